The summed E-state index contributed by atoms with van der Waals surface area (Å²) in [6.07, 6.45) is -0.603. The number of carbonyl (C=O) groups excluding carboxylic acids is 1. The monoisotopic (exact) mass is 248 g/mol. The van der Waals surface area contributed by atoms with Crippen molar-refractivity contribution in [3.8, 4) is 6.07 Å². The number of nitro benzene ring substituents is 1. The molecular formula is C12H12N2O4. The summed E-state index contributed by atoms with van der Waals surface area (Å²) in [5, 5.41) is 19.6. The first-order chi connectivity index (χ1) is 8.45. The number of esters is 1. The average molecular weight is 248 g/mol. The van der Waals surface area contributed by atoms with Crippen LogP contribution in [-0.4, -0.2) is 17.0 Å². The van der Waals surface area contributed by atoms with Crippen molar-refractivity contribution in [2.45, 2.75) is 25.9 Å². The molecule has 1 rings (SSSR count). The molecule has 1 aromatic carbocycles. The van der Waals surface area contributed by atoms with E-state index in [1.165, 1.54) is 31.2 Å². The smallest absolute Gasteiger partial charge is 0.302 e. The standard InChI is InChI=1S/C12H12N2O4/c1-8(18-9(2)15)12(7-13)10-3-5-11(6-4-10)14(16)17/h3-6,8,12H,1-2H3. The molecule has 18 heavy (non-hydrogen) atoms. The second kappa shape index (κ2) is 5.77. The van der Waals surface area contributed by atoms with Crippen molar-refractivity contribution < 1.29 is 14.5 Å². The molecule has 0 saturated heterocycles. The van der Waals surface area contributed by atoms with Crippen LogP contribution in [0.5, 0.6) is 0 Å². The maximum atomic E-state index is 10.8. The number of benzene rings is 1. The van der Waals surface area contributed by atoms with Crippen molar-refractivity contribution in [2.24, 2.45) is 0 Å². The Morgan fingerprint density at radius 2 is 2.00 bits per heavy atom. The fourth-order valence-electron chi connectivity index (χ4n) is 1.58. The first-order valence-corrected chi connectivity index (χ1v) is 5.27. The maximum absolute atomic E-state index is 10.8. The zero-order valence-electron chi connectivity index (χ0n) is 9.99. The highest BCUT2D eigenvalue weighted by Gasteiger charge is 2.22. The normalized spacial score (nSPS) is 13.2. The van der Waals surface area contributed by atoms with E-state index in [-0.39, 0.29) is 5.69 Å². The van der Waals surface area contributed by atoms with E-state index >= 15 is 0 Å². The van der Waals surface area contributed by atoms with Crippen LogP contribution >= 0.6 is 0 Å². The average Bonchev–Trinajstić information content (AvgIpc) is 2.29. The number of nitriles is 1. The lowest BCUT2D eigenvalue weighted by Gasteiger charge is -2.17. The number of hydrogen-bond donors (Lipinski definition) is 0. The number of non-ortho nitro benzene ring substituents is 1. The summed E-state index contributed by atoms with van der Waals surface area (Å²) < 4.78 is 4.94. The Labute approximate surface area is 104 Å². The van der Waals surface area contributed by atoms with E-state index in [0.717, 1.165) is 0 Å². The van der Waals surface area contributed by atoms with Crippen LogP contribution in [-0.2, 0) is 9.53 Å². The second-order valence-electron chi connectivity index (χ2n) is 3.77. The number of carbonyl (C=O) groups is 1. The van der Waals surface area contributed by atoms with E-state index in [0.29, 0.717) is 5.56 Å². The molecule has 0 aliphatic carbocycles. The fourth-order valence-corrected chi connectivity index (χ4v) is 1.58. The van der Waals surface area contributed by atoms with Gasteiger partial charge in [-0.2, -0.15) is 5.26 Å². The van der Waals surface area contributed by atoms with Crippen molar-refractivity contribution in [3.63, 3.8) is 0 Å². The topological polar surface area (TPSA) is 93.2 Å². The second-order valence-corrected chi connectivity index (χ2v) is 3.77. The number of ether oxygens (including phenoxy) is 1. The van der Waals surface area contributed by atoms with Crippen LogP contribution in [0.1, 0.15) is 25.3 Å². The molecule has 0 radical (unpaired) electrons. The third-order valence-corrected chi connectivity index (χ3v) is 2.42. The fraction of sp³-hybridized carbons (Fsp3) is 0.333. The molecule has 1 aromatic rings. The molecule has 2 unspecified atom stereocenters. The summed E-state index contributed by atoms with van der Waals surface area (Å²) >= 11 is 0. The van der Waals surface area contributed by atoms with Crippen LogP contribution in [0.4, 0.5) is 5.69 Å². The van der Waals surface area contributed by atoms with E-state index < -0.39 is 22.9 Å². The van der Waals surface area contributed by atoms with Crippen molar-refractivity contribution >= 4 is 11.7 Å². The Morgan fingerprint density at radius 3 is 2.39 bits per heavy atom. The Hall–Kier alpha value is -2.42. The SMILES string of the molecule is CC(=O)OC(C)C(C#N)c1ccc([N+](=O)[O-])cc1. The zero-order chi connectivity index (χ0) is 13.7. The van der Waals surface area contributed by atoms with E-state index in [4.69, 9.17) is 10.00 Å². The van der Waals surface area contributed by atoms with Gasteiger partial charge in [0.2, 0.25) is 0 Å². The van der Waals surface area contributed by atoms with Gasteiger partial charge in [0.05, 0.1) is 11.0 Å². The van der Waals surface area contributed by atoms with Gasteiger partial charge in [-0.1, -0.05) is 12.1 Å². The maximum Gasteiger partial charge on any atom is 0.302 e. The molecule has 0 saturated carbocycles. The van der Waals surface area contributed by atoms with Crippen LogP contribution in [0.3, 0.4) is 0 Å². The van der Waals surface area contributed by atoms with E-state index in [1.807, 2.05) is 6.07 Å². The minimum absolute atomic E-state index is 0.0458. The van der Waals surface area contributed by atoms with Gasteiger partial charge in [0.25, 0.3) is 5.69 Å². The summed E-state index contributed by atoms with van der Waals surface area (Å²) in [7, 11) is 0. The molecule has 0 aliphatic heterocycles. The summed E-state index contributed by atoms with van der Waals surface area (Å²) in [6.45, 7) is 2.87. The summed E-state index contributed by atoms with van der Waals surface area (Å²) in [4.78, 5) is 20.8. The van der Waals surface area contributed by atoms with Gasteiger partial charge in [-0.15, -0.1) is 0 Å². The van der Waals surface area contributed by atoms with Gasteiger partial charge in [0, 0.05) is 19.1 Å². The van der Waals surface area contributed by atoms with Crippen molar-refractivity contribution in [1.29, 1.82) is 5.26 Å². The van der Waals surface area contributed by atoms with E-state index in [9.17, 15) is 14.9 Å². The molecule has 0 spiro atoms. The summed E-state index contributed by atoms with van der Waals surface area (Å²) in [5.41, 5.74) is 0.535. The largest absolute Gasteiger partial charge is 0.461 e. The molecule has 6 heteroatoms. The third kappa shape index (κ3) is 3.28. The van der Waals surface area contributed by atoms with Crippen molar-refractivity contribution in [3.05, 3.63) is 39.9 Å². The highest BCUT2D eigenvalue weighted by atomic mass is 16.6. The number of nitro groups is 1. The number of nitrogens with zero attached hydrogens (tertiary/aromatic N) is 2. The first-order valence-electron chi connectivity index (χ1n) is 5.27. The molecular weight excluding hydrogens is 236 g/mol. The van der Waals surface area contributed by atoms with Crippen LogP contribution in [0.25, 0.3) is 0 Å². The predicted molar refractivity (Wildman–Crippen MR) is 62.7 cm³/mol. The molecule has 0 bridgehead atoms. The minimum atomic E-state index is -0.644. The van der Waals surface area contributed by atoms with E-state index in [1.54, 1.807) is 6.92 Å². The summed E-state index contributed by atoms with van der Waals surface area (Å²) in [5.74, 6) is -1.11. The molecule has 0 N–H and O–H groups in total. The lowest BCUT2D eigenvalue weighted by molar-refractivity contribution is -0.384. The van der Waals surface area contributed by atoms with Gasteiger partial charge in [-0.25, -0.2) is 0 Å². The van der Waals surface area contributed by atoms with Gasteiger partial charge < -0.3 is 4.74 Å². The van der Waals surface area contributed by atoms with Gasteiger partial charge in [0.15, 0.2) is 0 Å². The first kappa shape index (κ1) is 13.6. The van der Waals surface area contributed by atoms with Crippen molar-refractivity contribution in [2.75, 3.05) is 0 Å². The molecule has 0 aliphatic rings. The van der Waals surface area contributed by atoms with Crippen LogP contribution < -0.4 is 0 Å². The molecule has 0 amide bonds. The van der Waals surface area contributed by atoms with Crippen molar-refractivity contribution in [1.82, 2.24) is 0 Å². The Kier molecular flexibility index (Phi) is 4.38. The van der Waals surface area contributed by atoms with Crippen LogP contribution in [0.15, 0.2) is 24.3 Å². The summed E-state index contributed by atoms with van der Waals surface area (Å²) in [6, 6.07) is 7.65. The van der Waals surface area contributed by atoms with Gasteiger partial charge in [-0.3, -0.25) is 14.9 Å². The molecule has 94 valence electrons. The predicted octanol–water partition coefficient (Wildman–Crippen LogP) is 2.15. The Morgan fingerprint density at radius 1 is 1.44 bits per heavy atom. The highest BCUT2D eigenvalue weighted by Crippen LogP contribution is 2.23. The zero-order valence-corrected chi connectivity index (χ0v) is 9.99. The number of rotatable bonds is 4. The Balaban J connectivity index is 2.92. The molecule has 0 heterocycles. The highest BCUT2D eigenvalue weighted by molar-refractivity contribution is 5.66. The van der Waals surface area contributed by atoms with Crippen LogP contribution in [0.2, 0.25) is 0 Å². The lowest BCUT2D eigenvalue weighted by Crippen LogP contribution is -2.20. The van der Waals surface area contributed by atoms with Gasteiger partial charge in [-0.05, 0) is 12.5 Å². The van der Waals surface area contributed by atoms with Gasteiger partial charge >= 0.3 is 5.97 Å². The van der Waals surface area contributed by atoms with Crippen LogP contribution in [0, 0.1) is 21.4 Å². The minimum Gasteiger partial charge on any atom is -0.461 e. The molecule has 0 fully saturated rings. The molecule has 2 atom stereocenters. The third-order valence-electron chi connectivity index (χ3n) is 2.42. The lowest BCUT2D eigenvalue weighted by atomic mass is 9.95. The Bertz CT molecular complexity index is 490. The molecule has 6 nitrogen and oxygen atoms in total. The van der Waals surface area contributed by atoms with Gasteiger partial charge in [0.1, 0.15) is 12.0 Å². The van der Waals surface area contributed by atoms with E-state index in [2.05, 4.69) is 0 Å². The number of hydrogen-bond acceptors (Lipinski definition) is 5. The molecule has 0 aromatic heterocycles. The quantitative estimate of drug-likeness (QED) is 0.462.